The number of carbonyl (C=O) groups excluding carboxylic acids is 1. The van der Waals surface area contributed by atoms with Gasteiger partial charge in [-0.1, -0.05) is 26.0 Å². The molecule has 160 valence electrons. The van der Waals surface area contributed by atoms with Gasteiger partial charge in [-0.05, 0) is 60.5 Å². The number of hydrogen-bond donors (Lipinski definition) is 2. The van der Waals surface area contributed by atoms with Gasteiger partial charge in [-0.3, -0.25) is 9.52 Å². The van der Waals surface area contributed by atoms with E-state index in [1.54, 1.807) is 48.5 Å². The number of amides is 1. The van der Waals surface area contributed by atoms with Gasteiger partial charge >= 0.3 is 0 Å². The molecule has 0 bridgehead atoms. The summed E-state index contributed by atoms with van der Waals surface area (Å²) < 4.78 is 39.5. The van der Waals surface area contributed by atoms with Crippen LogP contribution in [0.4, 0.5) is 11.4 Å². The van der Waals surface area contributed by atoms with Gasteiger partial charge in [-0.25, -0.2) is 8.42 Å². The van der Waals surface area contributed by atoms with Crippen LogP contribution in [0.1, 0.15) is 24.2 Å². The maximum Gasteiger partial charge on any atom is 0.261 e. The Morgan fingerprint density at radius 3 is 2.48 bits per heavy atom. The number of hydrogen-bond acceptors (Lipinski definition) is 5. The van der Waals surface area contributed by atoms with Crippen molar-refractivity contribution in [3.8, 4) is 17.2 Å². The van der Waals surface area contributed by atoms with E-state index in [1.165, 1.54) is 18.2 Å². The molecule has 3 aromatic rings. The number of sulfonamides is 1. The highest BCUT2D eigenvalue weighted by atomic mass is 32.2. The van der Waals surface area contributed by atoms with Crippen LogP contribution in [0.5, 0.6) is 17.2 Å². The van der Waals surface area contributed by atoms with E-state index in [-0.39, 0.29) is 22.1 Å². The quantitative estimate of drug-likeness (QED) is 0.572. The number of benzene rings is 3. The van der Waals surface area contributed by atoms with Crippen molar-refractivity contribution in [1.82, 2.24) is 0 Å². The Labute approximate surface area is 181 Å². The molecule has 0 spiro atoms. The maximum atomic E-state index is 12.8. The highest BCUT2D eigenvalue weighted by Crippen LogP contribution is 2.36. The molecule has 0 aliphatic carbocycles. The third-order valence-corrected chi connectivity index (χ3v) is 5.95. The van der Waals surface area contributed by atoms with Gasteiger partial charge in [0.25, 0.3) is 15.9 Å². The molecule has 0 atom stereocenters. The Kier molecular flexibility index (Phi) is 5.56. The second-order valence-corrected chi connectivity index (χ2v) is 9.23. The molecule has 1 heterocycles. The molecule has 0 unspecified atom stereocenters. The molecule has 0 saturated carbocycles. The zero-order chi connectivity index (χ0) is 22.0. The SMILES string of the molecule is CC(C)COc1ccc(S(=O)(=O)Nc2ccc3c(c2)C(=O)Nc2ccccc2O3)cc1. The van der Waals surface area contributed by atoms with Crippen LogP contribution in [0, 0.1) is 5.92 Å². The van der Waals surface area contributed by atoms with Crippen molar-refractivity contribution in [2.75, 3.05) is 16.6 Å². The van der Waals surface area contributed by atoms with Gasteiger partial charge < -0.3 is 14.8 Å². The molecule has 31 heavy (non-hydrogen) atoms. The minimum atomic E-state index is -3.85. The van der Waals surface area contributed by atoms with Crippen molar-refractivity contribution in [3.63, 3.8) is 0 Å². The lowest BCUT2D eigenvalue weighted by Crippen LogP contribution is -2.15. The molecule has 8 heteroatoms. The summed E-state index contributed by atoms with van der Waals surface area (Å²) in [6, 6.07) is 17.8. The van der Waals surface area contributed by atoms with Crippen molar-refractivity contribution in [2.24, 2.45) is 5.92 Å². The van der Waals surface area contributed by atoms with Gasteiger partial charge in [0.15, 0.2) is 5.75 Å². The van der Waals surface area contributed by atoms with Crippen LogP contribution in [0.3, 0.4) is 0 Å². The number of ether oxygens (including phenoxy) is 2. The fraction of sp³-hybridized carbons (Fsp3) is 0.174. The topological polar surface area (TPSA) is 93.7 Å². The predicted molar refractivity (Wildman–Crippen MR) is 118 cm³/mol. The maximum absolute atomic E-state index is 12.8. The van der Waals surface area contributed by atoms with Crippen LogP contribution in [-0.2, 0) is 10.0 Å². The van der Waals surface area contributed by atoms with Gasteiger partial charge in [0.2, 0.25) is 0 Å². The standard InChI is InChI=1S/C23H22N2O5S/c1-15(2)14-29-17-8-10-18(11-9-17)31(27,28)25-16-7-12-21-19(13-16)23(26)24-20-5-3-4-6-22(20)30-21/h3-13,15,25H,14H2,1-2H3,(H,24,26). The van der Waals surface area contributed by atoms with E-state index in [1.807, 2.05) is 13.8 Å². The van der Waals surface area contributed by atoms with Crippen LogP contribution >= 0.6 is 0 Å². The van der Waals surface area contributed by atoms with Crippen LogP contribution in [-0.4, -0.2) is 20.9 Å². The van der Waals surface area contributed by atoms with Crippen molar-refractivity contribution >= 4 is 27.3 Å². The molecule has 0 radical (unpaired) electrons. The number of rotatable bonds is 6. The van der Waals surface area contributed by atoms with Crippen molar-refractivity contribution in [3.05, 3.63) is 72.3 Å². The summed E-state index contributed by atoms with van der Waals surface area (Å²) in [6.07, 6.45) is 0. The van der Waals surface area contributed by atoms with Gasteiger partial charge in [0, 0.05) is 5.69 Å². The first-order valence-electron chi connectivity index (χ1n) is 9.80. The van der Waals surface area contributed by atoms with Crippen LogP contribution in [0.25, 0.3) is 0 Å². The van der Waals surface area contributed by atoms with Gasteiger partial charge in [-0.15, -0.1) is 0 Å². The summed E-state index contributed by atoms with van der Waals surface area (Å²) in [5.41, 5.74) is 1.03. The number of anilines is 2. The third-order valence-electron chi connectivity index (χ3n) is 4.55. The molecule has 0 fully saturated rings. The number of carbonyl (C=O) groups is 1. The zero-order valence-corrected chi connectivity index (χ0v) is 17.9. The lowest BCUT2D eigenvalue weighted by molar-refractivity contribution is 0.102. The van der Waals surface area contributed by atoms with E-state index < -0.39 is 10.0 Å². The second-order valence-electron chi connectivity index (χ2n) is 7.55. The first kappa shape index (κ1) is 20.7. The Bertz CT molecular complexity index is 1220. The highest BCUT2D eigenvalue weighted by molar-refractivity contribution is 7.92. The largest absolute Gasteiger partial charge is 0.493 e. The summed E-state index contributed by atoms with van der Waals surface area (Å²) in [7, 11) is -3.85. The third kappa shape index (κ3) is 4.64. The van der Waals surface area contributed by atoms with Gasteiger partial charge in [0.1, 0.15) is 11.5 Å². The highest BCUT2D eigenvalue weighted by Gasteiger charge is 2.22. The van der Waals surface area contributed by atoms with Crippen molar-refractivity contribution < 1.29 is 22.7 Å². The molecule has 3 aromatic carbocycles. The number of nitrogens with one attached hydrogen (secondary N) is 2. The normalized spacial score (nSPS) is 12.8. The molecule has 0 saturated heterocycles. The summed E-state index contributed by atoms with van der Waals surface area (Å²) in [6.45, 7) is 4.62. The van der Waals surface area contributed by atoms with Crippen molar-refractivity contribution in [1.29, 1.82) is 0 Å². The van der Waals surface area contributed by atoms with E-state index in [2.05, 4.69) is 10.0 Å². The first-order chi connectivity index (χ1) is 14.8. The summed E-state index contributed by atoms with van der Waals surface area (Å²) in [4.78, 5) is 12.7. The molecule has 0 aromatic heterocycles. The molecular weight excluding hydrogens is 416 g/mol. The number of fused-ring (bicyclic) bond motifs is 2. The average Bonchev–Trinajstić information content (AvgIpc) is 2.88. The Hall–Kier alpha value is -3.52. The van der Waals surface area contributed by atoms with E-state index >= 15 is 0 Å². The van der Waals surface area contributed by atoms with Crippen LogP contribution < -0.4 is 19.5 Å². The van der Waals surface area contributed by atoms with Gasteiger partial charge in [-0.2, -0.15) is 0 Å². The van der Waals surface area contributed by atoms with E-state index in [4.69, 9.17) is 9.47 Å². The molecule has 7 nitrogen and oxygen atoms in total. The summed E-state index contributed by atoms with van der Waals surface area (Å²) in [5.74, 6) is 1.45. The molecule has 2 N–H and O–H groups in total. The Morgan fingerprint density at radius 2 is 1.74 bits per heavy atom. The Morgan fingerprint density at radius 1 is 1.00 bits per heavy atom. The fourth-order valence-electron chi connectivity index (χ4n) is 3.02. The minimum Gasteiger partial charge on any atom is -0.493 e. The molecular formula is C23H22N2O5S. The zero-order valence-electron chi connectivity index (χ0n) is 17.1. The average molecular weight is 439 g/mol. The summed E-state index contributed by atoms with van der Waals surface area (Å²) in [5, 5.41) is 2.77. The lowest BCUT2D eigenvalue weighted by Gasteiger charge is -2.12. The first-order valence-corrected chi connectivity index (χ1v) is 11.3. The smallest absolute Gasteiger partial charge is 0.261 e. The monoisotopic (exact) mass is 438 g/mol. The molecule has 1 amide bonds. The Balaban J connectivity index is 1.55. The van der Waals surface area contributed by atoms with Crippen LogP contribution in [0.2, 0.25) is 0 Å². The molecule has 1 aliphatic heterocycles. The van der Waals surface area contributed by atoms with E-state index in [0.29, 0.717) is 35.5 Å². The minimum absolute atomic E-state index is 0.0902. The van der Waals surface area contributed by atoms with E-state index in [9.17, 15) is 13.2 Å². The van der Waals surface area contributed by atoms with Crippen molar-refractivity contribution in [2.45, 2.75) is 18.7 Å². The molecule has 4 rings (SSSR count). The fourth-order valence-corrected chi connectivity index (χ4v) is 4.07. The summed E-state index contributed by atoms with van der Waals surface area (Å²) >= 11 is 0. The molecule has 1 aliphatic rings. The van der Waals surface area contributed by atoms with E-state index in [0.717, 1.165) is 0 Å². The van der Waals surface area contributed by atoms with Gasteiger partial charge in [0.05, 0.1) is 22.8 Å². The second kappa shape index (κ2) is 8.31. The lowest BCUT2D eigenvalue weighted by atomic mass is 10.1. The van der Waals surface area contributed by atoms with Crippen LogP contribution in [0.15, 0.2) is 71.6 Å². The number of para-hydroxylation sites is 2. The predicted octanol–water partition coefficient (Wildman–Crippen LogP) is 4.88.